The van der Waals surface area contributed by atoms with Crippen LogP contribution in [-0.2, 0) is 16.2 Å². The normalized spacial score (nSPS) is 14.9. The molecule has 0 amide bonds. The summed E-state index contributed by atoms with van der Waals surface area (Å²) in [6.07, 6.45) is 32.9. The number of rotatable bonds is 25. The average molecular weight is 1140 g/mol. The van der Waals surface area contributed by atoms with Gasteiger partial charge in [-0.3, -0.25) is 0 Å². The Balaban J connectivity index is 1.09. The fourth-order valence-electron chi connectivity index (χ4n) is 16.3. The molecule has 1 heteroatoms. The summed E-state index contributed by atoms with van der Waals surface area (Å²) in [6, 6.07) is 77.4. The van der Waals surface area contributed by atoms with Crippen LogP contribution in [0.2, 0.25) is 0 Å². The molecule has 9 aromatic carbocycles. The van der Waals surface area contributed by atoms with Crippen molar-refractivity contribution in [3.63, 3.8) is 0 Å². The third-order valence-corrected chi connectivity index (χ3v) is 20.6. The smallest absolute Gasteiger partial charge is 0.0714 e. The summed E-state index contributed by atoms with van der Waals surface area (Å²) in [6.45, 7) is 21.4. The van der Waals surface area contributed by atoms with Gasteiger partial charge in [-0.25, -0.2) is 0 Å². The maximum absolute atomic E-state index is 4.19. The molecular formula is C87H85N. The molecular weight excluding hydrogens is 1060 g/mol. The van der Waals surface area contributed by atoms with Crippen molar-refractivity contribution >= 4 is 46.9 Å². The Morgan fingerprint density at radius 2 is 0.807 bits per heavy atom. The van der Waals surface area contributed by atoms with Gasteiger partial charge >= 0.3 is 0 Å². The summed E-state index contributed by atoms with van der Waals surface area (Å²) in [5.41, 5.74) is 27.7. The van der Waals surface area contributed by atoms with E-state index in [4.69, 9.17) is 0 Å². The molecule has 0 fully saturated rings. The second-order valence-electron chi connectivity index (χ2n) is 25.3. The van der Waals surface area contributed by atoms with Crippen molar-refractivity contribution in [2.24, 2.45) is 0 Å². The number of nitrogens with zero attached hydrogens (tertiary/aromatic N) is 1. The topological polar surface area (TPSA) is 3.24 Å². The molecule has 4 aliphatic rings. The van der Waals surface area contributed by atoms with Crippen molar-refractivity contribution in [3.05, 3.63) is 322 Å². The van der Waals surface area contributed by atoms with E-state index >= 15 is 0 Å². The van der Waals surface area contributed by atoms with Gasteiger partial charge in [0.1, 0.15) is 0 Å². The average Bonchev–Trinajstić information content (AvgIpc) is 1.54. The maximum atomic E-state index is 4.19. The fourth-order valence-corrected chi connectivity index (χ4v) is 16.3. The van der Waals surface area contributed by atoms with Gasteiger partial charge in [-0.15, -0.1) is 0 Å². The molecule has 1 nitrogen and oxygen atoms in total. The molecule has 0 unspecified atom stereocenters. The lowest BCUT2D eigenvalue weighted by atomic mass is 9.67. The molecule has 0 heterocycles. The highest BCUT2D eigenvalue weighted by molar-refractivity contribution is 5.99. The second-order valence-corrected chi connectivity index (χ2v) is 25.3. The highest BCUT2D eigenvalue weighted by Gasteiger charge is 2.50. The fraction of sp³-hybridized carbons (Fsp3) is 0.241. The van der Waals surface area contributed by atoms with E-state index in [9.17, 15) is 0 Å². The summed E-state index contributed by atoms with van der Waals surface area (Å²) >= 11 is 0. The van der Waals surface area contributed by atoms with E-state index in [1.54, 1.807) is 11.1 Å². The summed E-state index contributed by atoms with van der Waals surface area (Å²) in [5, 5.41) is 0. The predicted molar refractivity (Wildman–Crippen MR) is 379 cm³/mol. The van der Waals surface area contributed by atoms with Crippen LogP contribution in [0, 0.1) is 0 Å². The van der Waals surface area contributed by atoms with Crippen LogP contribution in [0.25, 0.3) is 52.1 Å². The molecule has 0 aliphatic heterocycles. The Hall–Kier alpha value is -8.78. The van der Waals surface area contributed by atoms with Gasteiger partial charge < -0.3 is 4.90 Å². The van der Waals surface area contributed by atoms with Crippen LogP contribution >= 0.6 is 0 Å². The van der Waals surface area contributed by atoms with Crippen molar-refractivity contribution < 1.29 is 0 Å². The zero-order valence-electron chi connectivity index (χ0n) is 52.1. The quantitative estimate of drug-likeness (QED) is 0.0516. The van der Waals surface area contributed by atoms with Crippen molar-refractivity contribution in [1.29, 1.82) is 0 Å². The van der Waals surface area contributed by atoms with Crippen LogP contribution < -0.4 is 4.90 Å². The van der Waals surface area contributed by atoms with Crippen molar-refractivity contribution in [3.8, 4) is 22.3 Å². The predicted octanol–water partition coefficient (Wildman–Crippen LogP) is 24.3. The Morgan fingerprint density at radius 1 is 0.386 bits per heavy atom. The molecule has 0 N–H and O–H groups in total. The summed E-state index contributed by atoms with van der Waals surface area (Å²) < 4.78 is 0. The van der Waals surface area contributed by atoms with Crippen LogP contribution in [0.1, 0.15) is 194 Å². The molecule has 88 heavy (non-hydrogen) atoms. The number of benzene rings is 9. The summed E-state index contributed by atoms with van der Waals surface area (Å²) in [5.74, 6) is 0. The minimum absolute atomic E-state index is 0.0711. The number of anilines is 3. The first-order chi connectivity index (χ1) is 43.4. The van der Waals surface area contributed by atoms with E-state index in [0.29, 0.717) is 0 Å². The summed E-state index contributed by atoms with van der Waals surface area (Å²) in [4.78, 5) is 2.68. The van der Waals surface area contributed by atoms with Crippen LogP contribution in [0.3, 0.4) is 0 Å². The first kappa shape index (κ1) is 58.2. The molecule has 438 valence electrons. The first-order valence-corrected chi connectivity index (χ1v) is 33.1. The number of hydrogen-bond acceptors (Lipinski definition) is 1. The highest BCUT2D eigenvalue weighted by atomic mass is 15.1. The van der Waals surface area contributed by atoms with Crippen LogP contribution in [0.5, 0.6) is 0 Å². The number of hydrogen-bond donors (Lipinski definition) is 0. The minimum Gasteiger partial charge on any atom is -0.310 e. The van der Waals surface area contributed by atoms with Crippen molar-refractivity contribution in [2.45, 2.75) is 133 Å². The van der Waals surface area contributed by atoms with E-state index in [0.717, 1.165) is 46.5 Å². The molecule has 0 bridgehead atoms. The standard InChI is InChI=1S/C87H85N/c1-7-13-15-17-19-27-58-85(59-28-20-18-16-14-8-2)77-33-24-21-30-72(77)74-56-54-70(60-81(74)85)88(71-55-57-75-73-31-22-25-34-78(73)87(82(75)61-71,68-50-42-64(11-5)43-51-68)69-52-44-65(12-6)45-53-69)83-37-29-36-80-84(83)76-32-23-26-35-79(76)86(80,66-46-38-62(9-3)39-47-66)67-48-40-63(10-4)41-49-67/h9-12,22-26,29,31-57,60-61H,3-8,13-21,27-28,30,58-59H2,1-2H3. The largest absolute Gasteiger partial charge is 0.310 e. The SMILES string of the molecule is C=Cc1ccc(C2(c3ccc(C=C)cc3)c3ccccc3-c3ccc(N(c4ccc5c(c4)C(CCCCCCCC)(CCCCCCCC)C4=C5CCC=C4)c4cccc5c4-c4ccccc4C5(c4ccc(C=C)cc4)c4ccc(C=C)cc4)cc32)cc1. The van der Waals surface area contributed by atoms with Crippen LogP contribution in [-0.4, -0.2) is 0 Å². The van der Waals surface area contributed by atoms with Crippen LogP contribution in [0.4, 0.5) is 17.1 Å². The minimum atomic E-state index is -0.654. The molecule has 0 saturated heterocycles. The van der Waals surface area contributed by atoms with Crippen LogP contribution in [0.15, 0.2) is 244 Å². The molecule has 0 atom stereocenters. The van der Waals surface area contributed by atoms with Gasteiger partial charge in [0.15, 0.2) is 0 Å². The van der Waals surface area contributed by atoms with Crippen molar-refractivity contribution in [2.75, 3.05) is 4.90 Å². The number of allylic oxidation sites excluding steroid dienone is 4. The molecule has 13 rings (SSSR count). The van der Waals surface area contributed by atoms with Gasteiger partial charge in [0.05, 0.1) is 16.5 Å². The zero-order chi connectivity index (χ0) is 60.2. The third-order valence-electron chi connectivity index (χ3n) is 20.6. The Morgan fingerprint density at radius 3 is 1.32 bits per heavy atom. The maximum Gasteiger partial charge on any atom is 0.0714 e. The van der Waals surface area contributed by atoms with E-state index in [2.05, 4.69) is 257 Å². The Bertz CT molecular complexity index is 4000. The van der Waals surface area contributed by atoms with E-state index in [1.165, 1.54) is 173 Å². The van der Waals surface area contributed by atoms with Gasteiger partial charge in [0, 0.05) is 22.4 Å². The molecule has 0 spiro atoms. The van der Waals surface area contributed by atoms with Crippen molar-refractivity contribution in [1.82, 2.24) is 0 Å². The lowest BCUT2D eigenvalue weighted by Gasteiger charge is -2.37. The van der Waals surface area contributed by atoms with Gasteiger partial charge in [-0.05, 0) is 162 Å². The van der Waals surface area contributed by atoms with E-state index < -0.39 is 10.8 Å². The molecule has 9 aromatic rings. The van der Waals surface area contributed by atoms with Gasteiger partial charge in [-0.2, -0.15) is 0 Å². The van der Waals surface area contributed by atoms with E-state index in [-0.39, 0.29) is 5.41 Å². The lowest BCUT2D eigenvalue weighted by Crippen LogP contribution is -2.29. The first-order valence-electron chi connectivity index (χ1n) is 33.1. The van der Waals surface area contributed by atoms with E-state index in [1.807, 2.05) is 24.3 Å². The van der Waals surface area contributed by atoms with Gasteiger partial charge in [0.2, 0.25) is 0 Å². The Kier molecular flexibility index (Phi) is 16.6. The second kappa shape index (κ2) is 25.1. The molecule has 0 aromatic heterocycles. The van der Waals surface area contributed by atoms with Gasteiger partial charge in [0.25, 0.3) is 0 Å². The zero-order valence-corrected chi connectivity index (χ0v) is 52.1. The lowest BCUT2D eigenvalue weighted by molar-refractivity contribution is 0.394. The number of unbranched alkanes of at least 4 members (excludes halogenated alkanes) is 10. The molecule has 4 aliphatic carbocycles. The molecule has 0 radical (unpaired) electrons. The third kappa shape index (κ3) is 9.78. The van der Waals surface area contributed by atoms with Gasteiger partial charge in [-0.1, -0.05) is 324 Å². The molecule has 0 saturated carbocycles. The highest BCUT2D eigenvalue weighted by Crippen LogP contribution is 2.63. The monoisotopic (exact) mass is 1140 g/mol. The number of fused-ring (bicyclic) bond motifs is 8. The summed E-state index contributed by atoms with van der Waals surface area (Å²) in [7, 11) is 0. The Labute approximate surface area is 526 Å².